The predicted molar refractivity (Wildman–Crippen MR) is 114 cm³/mol. The molecule has 1 fully saturated rings. The molecule has 28 heavy (non-hydrogen) atoms. The van der Waals surface area contributed by atoms with Gasteiger partial charge in [-0.2, -0.15) is 0 Å². The molecular weight excluding hydrogens is 354 g/mol. The van der Waals surface area contributed by atoms with Gasteiger partial charge in [0, 0.05) is 31.6 Å². The van der Waals surface area contributed by atoms with Crippen LogP contribution in [-0.4, -0.2) is 62.3 Å². The number of carbonyl (C=O) groups is 1. The maximum Gasteiger partial charge on any atom is 0.162 e. The lowest BCUT2D eigenvalue weighted by Crippen LogP contribution is -2.39. The van der Waals surface area contributed by atoms with Gasteiger partial charge >= 0.3 is 0 Å². The van der Waals surface area contributed by atoms with Gasteiger partial charge in [0.1, 0.15) is 11.9 Å². The third-order valence-electron chi connectivity index (χ3n) is 4.57. The van der Waals surface area contributed by atoms with Crippen LogP contribution >= 0.6 is 0 Å². The van der Waals surface area contributed by atoms with Gasteiger partial charge in [-0.05, 0) is 51.0 Å². The van der Waals surface area contributed by atoms with Crippen molar-refractivity contribution in [1.29, 1.82) is 0 Å². The first-order chi connectivity index (χ1) is 13.6. The number of piperidine rings is 1. The lowest BCUT2D eigenvalue weighted by Gasteiger charge is -2.32. The Morgan fingerprint density at radius 2 is 1.71 bits per heavy atom. The number of nitrogens with zero attached hydrogens (tertiary/aromatic N) is 1. The zero-order chi connectivity index (χ0) is 20.8. The third-order valence-corrected chi connectivity index (χ3v) is 4.57. The number of ether oxygens (including phenoxy) is 3. The molecule has 1 saturated heterocycles. The molecule has 0 amide bonds. The van der Waals surface area contributed by atoms with Gasteiger partial charge in [-0.25, -0.2) is 0 Å². The molecule has 0 N–H and O–H groups in total. The van der Waals surface area contributed by atoms with Gasteiger partial charge in [0.05, 0.1) is 25.9 Å². The van der Waals surface area contributed by atoms with Crippen LogP contribution in [0, 0.1) is 0 Å². The van der Waals surface area contributed by atoms with Gasteiger partial charge in [-0.15, -0.1) is 0 Å². The maximum absolute atomic E-state index is 11.7. The lowest BCUT2D eigenvalue weighted by molar-refractivity contribution is 0.00963. The quantitative estimate of drug-likeness (QED) is 0.406. The Bertz CT molecular complexity index is 522. The summed E-state index contributed by atoms with van der Waals surface area (Å²) in [4.78, 5) is 14.1. The Hall–Kier alpha value is -1.43. The molecule has 0 bridgehead atoms. The zero-order valence-corrected chi connectivity index (χ0v) is 18.4. The van der Waals surface area contributed by atoms with Crippen LogP contribution in [0.3, 0.4) is 0 Å². The summed E-state index contributed by atoms with van der Waals surface area (Å²) in [5, 5.41) is 0. The van der Waals surface area contributed by atoms with E-state index in [4.69, 9.17) is 14.2 Å². The van der Waals surface area contributed by atoms with Crippen LogP contribution in [-0.2, 0) is 9.47 Å². The van der Waals surface area contributed by atoms with Crippen molar-refractivity contribution in [3.63, 3.8) is 0 Å². The highest BCUT2D eigenvalue weighted by Crippen LogP contribution is 2.20. The summed E-state index contributed by atoms with van der Waals surface area (Å²) in [5.41, 5.74) is 0.758. The van der Waals surface area contributed by atoms with E-state index in [2.05, 4.69) is 4.90 Å². The summed E-state index contributed by atoms with van der Waals surface area (Å²) >= 11 is 0. The van der Waals surface area contributed by atoms with Gasteiger partial charge in [0.15, 0.2) is 5.78 Å². The number of Topliss-reactive ketones (excluding diaryl/α,β-unsaturated/α-hetero) is 1. The first kappa shape index (κ1) is 24.6. The Morgan fingerprint density at radius 3 is 2.29 bits per heavy atom. The lowest BCUT2D eigenvalue weighted by atomic mass is 10.1. The molecule has 1 aromatic rings. The van der Waals surface area contributed by atoms with Crippen molar-refractivity contribution >= 4 is 5.78 Å². The molecule has 160 valence electrons. The molecule has 1 aliphatic rings. The van der Waals surface area contributed by atoms with Crippen LogP contribution in [0.25, 0.3) is 0 Å². The average molecular weight is 394 g/mol. The summed E-state index contributed by atoms with van der Waals surface area (Å²) in [5.74, 6) is 1.02. The molecule has 0 unspecified atom stereocenters. The minimum absolute atomic E-state index is 0.169. The number of rotatable bonds is 11. The van der Waals surface area contributed by atoms with Crippen LogP contribution in [0.5, 0.6) is 5.75 Å². The maximum atomic E-state index is 11.7. The molecule has 0 aliphatic carbocycles. The SMILES string of the molecule is CC.CCC(=O)c1ccc(OC2CCN(CCOCCOC(C)C)CC2)cc1. The van der Waals surface area contributed by atoms with E-state index in [1.165, 1.54) is 0 Å². The molecule has 1 aliphatic heterocycles. The molecule has 1 aromatic carbocycles. The number of likely N-dealkylation sites (tertiary alicyclic amines) is 1. The van der Waals surface area contributed by atoms with E-state index in [-0.39, 0.29) is 18.0 Å². The van der Waals surface area contributed by atoms with Gasteiger partial charge in [-0.3, -0.25) is 4.79 Å². The standard InChI is InChI=1S/C21H33NO4.C2H6/c1-4-21(23)18-5-7-19(8-6-18)26-20-9-11-22(12-10-20)13-14-24-15-16-25-17(2)3;1-2/h5-8,17,20H,4,9-16H2,1-3H3;1-2H3. The molecule has 0 aromatic heterocycles. The normalized spacial score (nSPS) is 15.2. The molecule has 2 rings (SSSR count). The van der Waals surface area contributed by atoms with Crippen LogP contribution < -0.4 is 4.74 Å². The topological polar surface area (TPSA) is 48.0 Å². The molecule has 0 radical (unpaired) electrons. The molecule has 0 spiro atoms. The van der Waals surface area contributed by atoms with E-state index >= 15 is 0 Å². The Kier molecular flexibility index (Phi) is 12.8. The second-order valence-electron chi connectivity index (χ2n) is 6.99. The predicted octanol–water partition coefficient (Wildman–Crippen LogP) is 4.59. The van der Waals surface area contributed by atoms with E-state index in [1.807, 2.05) is 58.9 Å². The molecule has 5 nitrogen and oxygen atoms in total. The first-order valence-corrected chi connectivity index (χ1v) is 10.8. The number of carbonyl (C=O) groups excluding carboxylic acids is 1. The van der Waals surface area contributed by atoms with Crippen molar-refractivity contribution < 1.29 is 19.0 Å². The van der Waals surface area contributed by atoms with E-state index in [1.54, 1.807) is 0 Å². The van der Waals surface area contributed by atoms with Gasteiger partial charge in [0.2, 0.25) is 0 Å². The van der Waals surface area contributed by atoms with Crippen LogP contribution in [0.2, 0.25) is 0 Å². The number of benzene rings is 1. The Labute approximate surface area is 171 Å². The molecule has 0 atom stereocenters. The van der Waals surface area contributed by atoms with Crippen LogP contribution in [0.15, 0.2) is 24.3 Å². The summed E-state index contributed by atoms with van der Waals surface area (Å²) < 4.78 is 17.1. The van der Waals surface area contributed by atoms with Gasteiger partial charge < -0.3 is 19.1 Å². The third kappa shape index (κ3) is 9.67. The largest absolute Gasteiger partial charge is 0.490 e. The molecular formula is C23H39NO4. The highest BCUT2D eigenvalue weighted by Gasteiger charge is 2.20. The monoisotopic (exact) mass is 393 g/mol. The highest BCUT2D eigenvalue weighted by molar-refractivity contribution is 5.95. The zero-order valence-electron chi connectivity index (χ0n) is 18.4. The molecule has 1 heterocycles. The van der Waals surface area contributed by atoms with Crippen molar-refractivity contribution in [2.45, 2.75) is 66.1 Å². The van der Waals surface area contributed by atoms with Gasteiger partial charge in [-0.1, -0.05) is 20.8 Å². The second kappa shape index (κ2) is 14.6. The summed E-state index contributed by atoms with van der Waals surface area (Å²) in [6.45, 7) is 15.0. The first-order valence-electron chi connectivity index (χ1n) is 10.8. The van der Waals surface area contributed by atoms with Crippen molar-refractivity contribution in [2.24, 2.45) is 0 Å². The van der Waals surface area contributed by atoms with E-state index in [0.29, 0.717) is 19.6 Å². The fourth-order valence-electron chi connectivity index (χ4n) is 3.01. The number of hydrogen-bond acceptors (Lipinski definition) is 5. The summed E-state index contributed by atoms with van der Waals surface area (Å²) in [6.07, 6.45) is 3.09. The van der Waals surface area contributed by atoms with E-state index in [0.717, 1.165) is 50.4 Å². The minimum atomic E-state index is 0.169. The van der Waals surface area contributed by atoms with Crippen LogP contribution in [0.4, 0.5) is 0 Å². The van der Waals surface area contributed by atoms with Gasteiger partial charge in [0.25, 0.3) is 0 Å². The summed E-state index contributed by atoms with van der Waals surface area (Å²) in [6, 6.07) is 7.53. The second-order valence-corrected chi connectivity index (χ2v) is 6.99. The van der Waals surface area contributed by atoms with E-state index < -0.39 is 0 Å². The smallest absolute Gasteiger partial charge is 0.162 e. The molecule has 0 saturated carbocycles. The fraction of sp³-hybridized carbons (Fsp3) is 0.696. The minimum Gasteiger partial charge on any atom is -0.490 e. The average Bonchev–Trinajstić information content (AvgIpc) is 2.73. The number of hydrogen-bond donors (Lipinski definition) is 0. The summed E-state index contributed by atoms with van der Waals surface area (Å²) in [7, 11) is 0. The fourth-order valence-corrected chi connectivity index (χ4v) is 3.01. The van der Waals surface area contributed by atoms with Crippen molar-refractivity contribution in [3.8, 4) is 5.75 Å². The van der Waals surface area contributed by atoms with Crippen molar-refractivity contribution in [2.75, 3.05) is 39.5 Å². The number of ketones is 1. The van der Waals surface area contributed by atoms with Crippen LogP contribution in [0.1, 0.15) is 64.2 Å². The Balaban J connectivity index is 0.00000190. The van der Waals surface area contributed by atoms with E-state index in [9.17, 15) is 4.79 Å². The Morgan fingerprint density at radius 1 is 1.07 bits per heavy atom. The molecule has 5 heteroatoms. The van der Waals surface area contributed by atoms with Crippen molar-refractivity contribution in [3.05, 3.63) is 29.8 Å². The highest BCUT2D eigenvalue weighted by atomic mass is 16.5. The van der Waals surface area contributed by atoms with Crippen molar-refractivity contribution in [1.82, 2.24) is 4.90 Å².